The predicted molar refractivity (Wildman–Crippen MR) is 113 cm³/mol. The van der Waals surface area contributed by atoms with Gasteiger partial charge in [0.25, 0.3) is 0 Å². The molecular formula is C24H24FN3O2. The van der Waals surface area contributed by atoms with Crippen molar-refractivity contribution in [1.29, 1.82) is 0 Å². The van der Waals surface area contributed by atoms with Crippen LogP contribution in [0, 0.1) is 5.82 Å². The first-order valence-electron chi connectivity index (χ1n) is 9.84. The molecule has 1 heterocycles. The van der Waals surface area contributed by atoms with E-state index in [1.807, 2.05) is 36.4 Å². The Morgan fingerprint density at radius 2 is 1.73 bits per heavy atom. The minimum atomic E-state index is -0.805. The standard InChI is InChI=1S/C24H24FN3O2/c1-2-22(29)28(17-18-10-12-21(25)13-11-18)23(20-8-4-3-5-9-20)24(30)27-16-19-7-6-14-26-15-19/h3-15,23H,2,16-17H2,1H3,(H,27,30). The molecule has 0 spiro atoms. The highest BCUT2D eigenvalue weighted by Gasteiger charge is 2.30. The first kappa shape index (κ1) is 21.2. The average molecular weight is 405 g/mol. The number of aromatic nitrogens is 1. The molecule has 5 nitrogen and oxygen atoms in total. The fourth-order valence-electron chi connectivity index (χ4n) is 3.21. The van der Waals surface area contributed by atoms with Crippen molar-refractivity contribution in [3.63, 3.8) is 0 Å². The Hall–Kier alpha value is -3.54. The van der Waals surface area contributed by atoms with Gasteiger partial charge in [0.15, 0.2) is 0 Å². The van der Waals surface area contributed by atoms with Crippen LogP contribution in [0.2, 0.25) is 0 Å². The van der Waals surface area contributed by atoms with Crippen molar-refractivity contribution < 1.29 is 14.0 Å². The minimum Gasteiger partial charge on any atom is -0.350 e. The molecule has 3 rings (SSSR count). The third-order valence-corrected chi connectivity index (χ3v) is 4.75. The van der Waals surface area contributed by atoms with Crippen molar-refractivity contribution in [2.45, 2.75) is 32.5 Å². The smallest absolute Gasteiger partial charge is 0.247 e. The lowest BCUT2D eigenvalue weighted by molar-refractivity contribution is -0.141. The SMILES string of the molecule is CCC(=O)N(Cc1ccc(F)cc1)C(C(=O)NCc1cccnc1)c1ccccc1. The zero-order valence-electron chi connectivity index (χ0n) is 16.8. The molecule has 0 fully saturated rings. The van der Waals surface area contributed by atoms with Gasteiger partial charge in [0.1, 0.15) is 11.9 Å². The van der Waals surface area contributed by atoms with Gasteiger partial charge < -0.3 is 10.2 Å². The topological polar surface area (TPSA) is 62.3 Å². The molecule has 1 unspecified atom stereocenters. The summed E-state index contributed by atoms with van der Waals surface area (Å²) in [5, 5.41) is 2.92. The van der Waals surface area contributed by atoms with E-state index in [0.29, 0.717) is 12.1 Å². The van der Waals surface area contributed by atoms with Crippen LogP contribution in [-0.2, 0) is 22.7 Å². The summed E-state index contributed by atoms with van der Waals surface area (Å²) in [5.74, 6) is -0.792. The number of halogens is 1. The van der Waals surface area contributed by atoms with Crippen LogP contribution in [0.5, 0.6) is 0 Å². The van der Waals surface area contributed by atoms with Gasteiger partial charge in [-0.15, -0.1) is 0 Å². The summed E-state index contributed by atoms with van der Waals surface area (Å²) in [7, 11) is 0. The highest BCUT2D eigenvalue weighted by Crippen LogP contribution is 2.25. The largest absolute Gasteiger partial charge is 0.350 e. The molecule has 0 aliphatic carbocycles. The van der Waals surface area contributed by atoms with E-state index >= 15 is 0 Å². The molecule has 1 atom stereocenters. The molecule has 1 N–H and O–H groups in total. The van der Waals surface area contributed by atoms with Gasteiger partial charge in [0, 0.05) is 31.9 Å². The molecule has 154 valence electrons. The maximum atomic E-state index is 13.3. The summed E-state index contributed by atoms with van der Waals surface area (Å²) in [4.78, 5) is 31.7. The molecule has 6 heteroatoms. The fraction of sp³-hybridized carbons (Fsp3) is 0.208. The summed E-state index contributed by atoms with van der Waals surface area (Å²) >= 11 is 0. The van der Waals surface area contributed by atoms with Gasteiger partial charge in [-0.1, -0.05) is 55.5 Å². The first-order valence-corrected chi connectivity index (χ1v) is 9.84. The number of hydrogen-bond acceptors (Lipinski definition) is 3. The van der Waals surface area contributed by atoms with Crippen molar-refractivity contribution in [1.82, 2.24) is 15.2 Å². The van der Waals surface area contributed by atoms with Gasteiger partial charge in [-0.2, -0.15) is 0 Å². The molecular weight excluding hydrogens is 381 g/mol. The second kappa shape index (κ2) is 10.3. The summed E-state index contributed by atoms with van der Waals surface area (Å²) in [5.41, 5.74) is 2.33. The summed E-state index contributed by atoms with van der Waals surface area (Å²) in [6.45, 7) is 2.27. The lowest BCUT2D eigenvalue weighted by Crippen LogP contribution is -2.43. The summed E-state index contributed by atoms with van der Waals surface area (Å²) in [6, 6.07) is 18.0. The van der Waals surface area contributed by atoms with Gasteiger partial charge in [-0.25, -0.2) is 4.39 Å². The van der Waals surface area contributed by atoms with Crippen molar-refractivity contribution in [2.24, 2.45) is 0 Å². The Balaban J connectivity index is 1.89. The highest BCUT2D eigenvalue weighted by atomic mass is 19.1. The maximum Gasteiger partial charge on any atom is 0.247 e. The van der Waals surface area contributed by atoms with Gasteiger partial charge >= 0.3 is 0 Å². The summed E-state index contributed by atoms with van der Waals surface area (Å²) in [6.07, 6.45) is 3.61. The third kappa shape index (κ3) is 5.50. The number of pyridine rings is 1. The molecule has 0 saturated heterocycles. The molecule has 0 aliphatic rings. The number of benzene rings is 2. The zero-order chi connectivity index (χ0) is 21.3. The van der Waals surface area contributed by atoms with Crippen LogP contribution in [0.25, 0.3) is 0 Å². The number of carbonyl (C=O) groups excluding carboxylic acids is 2. The molecule has 0 aliphatic heterocycles. The van der Waals surface area contributed by atoms with Gasteiger partial charge in [-0.3, -0.25) is 14.6 Å². The van der Waals surface area contributed by atoms with E-state index in [1.54, 1.807) is 42.4 Å². The Kier molecular flexibility index (Phi) is 7.27. The molecule has 0 radical (unpaired) electrons. The quantitative estimate of drug-likeness (QED) is 0.616. The minimum absolute atomic E-state index is 0.162. The van der Waals surface area contributed by atoms with Gasteiger partial charge in [0.05, 0.1) is 0 Å². The monoisotopic (exact) mass is 405 g/mol. The van der Waals surface area contributed by atoms with Gasteiger partial charge in [0.2, 0.25) is 11.8 Å². The Bertz CT molecular complexity index is 963. The van der Waals surface area contributed by atoms with E-state index in [4.69, 9.17) is 0 Å². The number of nitrogens with zero attached hydrogens (tertiary/aromatic N) is 2. The van der Waals surface area contributed by atoms with E-state index in [0.717, 1.165) is 11.1 Å². The van der Waals surface area contributed by atoms with E-state index in [2.05, 4.69) is 10.3 Å². The van der Waals surface area contributed by atoms with E-state index < -0.39 is 6.04 Å². The first-order chi connectivity index (χ1) is 14.6. The molecule has 3 aromatic rings. The lowest BCUT2D eigenvalue weighted by Gasteiger charge is -2.31. The normalized spacial score (nSPS) is 11.5. The van der Waals surface area contributed by atoms with Crippen molar-refractivity contribution in [3.05, 3.63) is 102 Å². The zero-order valence-corrected chi connectivity index (χ0v) is 16.8. The van der Waals surface area contributed by atoms with E-state index in [-0.39, 0.29) is 30.6 Å². The van der Waals surface area contributed by atoms with Gasteiger partial charge in [-0.05, 0) is 34.9 Å². The third-order valence-electron chi connectivity index (χ3n) is 4.75. The van der Waals surface area contributed by atoms with Crippen LogP contribution in [-0.4, -0.2) is 21.7 Å². The van der Waals surface area contributed by atoms with Crippen molar-refractivity contribution in [2.75, 3.05) is 0 Å². The second-order valence-electron chi connectivity index (χ2n) is 6.89. The van der Waals surface area contributed by atoms with Crippen molar-refractivity contribution in [3.8, 4) is 0 Å². The van der Waals surface area contributed by atoms with Crippen LogP contribution < -0.4 is 5.32 Å². The molecule has 1 aromatic heterocycles. The Morgan fingerprint density at radius 3 is 2.37 bits per heavy atom. The molecule has 30 heavy (non-hydrogen) atoms. The molecule has 2 aromatic carbocycles. The van der Waals surface area contributed by atoms with Crippen LogP contribution >= 0.6 is 0 Å². The van der Waals surface area contributed by atoms with Crippen LogP contribution in [0.1, 0.15) is 36.1 Å². The summed E-state index contributed by atoms with van der Waals surface area (Å²) < 4.78 is 13.3. The number of nitrogens with one attached hydrogen (secondary N) is 1. The molecule has 0 saturated carbocycles. The predicted octanol–water partition coefficient (Wildman–Crippen LogP) is 4.02. The van der Waals surface area contributed by atoms with Crippen LogP contribution in [0.3, 0.4) is 0 Å². The number of amides is 2. The molecule has 2 amide bonds. The van der Waals surface area contributed by atoms with Crippen LogP contribution in [0.4, 0.5) is 4.39 Å². The average Bonchev–Trinajstić information content (AvgIpc) is 2.79. The fourth-order valence-corrected chi connectivity index (χ4v) is 3.21. The highest BCUT2D eigenvalue weighted by molar-refractivity contribution is 5.88. The Labute approximate surface area is 175 Å². The van der Waals surface area contributed by atoms with Crippen LogP contribution in [0.15, 0.2) is 79.1 Å². The second-order valence-corrected chi connectivity index (χ2v) is 6.89. The lowest BCUT2D eigenvalue weighted by atomic mass is 10.0. The number of rotatable bonds is 8. The maximum absolute atomic E-state index is 13.3. The van der Waals surface area contributed by atoms with E-state index in [9.17, 15) is 14.0 Å². The molecule has 0 bridgehead atoms. The van der Waals surface area contributed by atoms with Crippen molar-refractivity contribution >= 4 is 11.8 Å². The number of hydrogen-bond donors (Lipinski definition) is 1. The number of carbonyl (C=O) groups is 2. The Morgan fingerprint density at radius 1 is 1.00 bits per heavy atom. The van der Waals surface area contributed by atoms with E-state index in [1.165, 1.54) is 12.1 Å².